The third-order valence-corrected chi connectivity index (χ3v) is 4.58. The van der Waals surface area contributed by atoms with Gasteiger partial charge in [0.1, 0.15) is 5.03 Å². The number of nitrogens with zero attached hydrogens (tertiary/aromatic N) is 1. The first kappa shape index (κ1) is 13.9. The van der Waals surface area contributed by atoms with Gasteiger partial charge < -0.3 is 5.32 Å². The number of hydrogen-bond donors (Lipinski definition) is 1. The predicted molar refractivity (Wildman–Crippen MR) is 84.4 cm³/mol. The molecule has 0 amide bonds. The summed E-state index contributed by atoms with van der Waals surface area (Å²) < 4.78 is 0. The van der Waals surface area contributed by atoms with Crippen LogP contribution in [0.3, 0.4) is 0 Å². The highest BCUT2D eigenvalue weighted by molar-refractivity contribution is 7.99. The highest BCUT2D eigenvalue weighted by Gasteiger charge is 2.20. The molecule has 0 saturated heterocycles. The van der Waals surface area contributed by atoms with Gasteiger partial charge >= 0.3 is 0 Å². The van der Waals surface area contributed by atoms with Crippen molar-refractivity contribution in [2.45, 2.75) is 42.3 Å². The van der Waals surface area contributed by atoms with Gasteiger partial charge in [-0.05, 0) is 43.5 Å². The minimum Gasteiger partial charge on any atom is -0.310 e. The Labute approximate surface area is 129 Å². The van der Waals surface area contributed by atoms with Crippen LogP contribution < -0.4 is 5.32 Å². The highest BCUT2D eigenvalue weighted by Crippen LogP contribution is 2.31. The summed E-state index contributed by atoms with van der Waals surface area (Å²) in [5.74, 6) is 0. The van der Waals surface area contributed by atoms with Crippen molar-refractivity contribution in [1.29, 1.82) is 0 Å². The molecule has 0 atom stereocenters. The second kappa shape index (κ2) is 6.17. The third kappa shape index (κ3) is 3.75. The van der Waals surface area contributed by atoms with Crippen molar-refractivity contribution in [1.82, 2.24) is 10.3 Å². The predicted octanol–water partition coefficient (Wildman–Crippen LogP) is 4.45. The van der Waals surface area contributed by atoms with E-state index in [0.717, 1.165) is 17.6 Å². The van der Waals surface area contributed by atoms with E-state index in [4.69, 9.17) is 11.6 Å². The fourth-order valence-corrected chi connectivity index (χ4v) is 3.00. The molecular weight excluding hydrogens is 288 g/mol. The number of halogens is 1. The third-order valence-electron chi connectivity index (χ3n) is 3.29. The molecule has 1 fully saturated rings. The lowest BCUT2D eigenvalue weighted by atomic mass is 10.1. The Hall–Kier alpha value is -1.03. The number of hydrogen-bond acceptors (Lipinski definition) is 3. The second-order valence-corrected chi connectivity index (χ2v) is 6.68. The Morgan fingerprint density at radius 2 is 2.15 bits per heavy atom. The van der Waals surface area contributed by atoms with Crippen LogP contribution in [0, 0.1) is 6.92 Å². The maximum atomic E-state index is 5.88. The Kier molecular flexibility index (Phi) is 4.29. The quantitative estimate of drug-likeness (QED) is 0.883. The van der Waals surface area contributed by atoms with Gasteiger partial charge in [-0.25, -0.2) is 4.98 Å². The van der Waals surface area contributed by atoms with Crippen molar-refractivity contribution in [3.05, 3.63) is 52.7 Å². The first-order valence-electron chi connectivity index (χ1n) is 6.83. The van der Waals surface area contributed by atoms with Gasteiger partial charge in [0, 0.05) is 23.7 Å². The van der Waals surface area contributed by atoms with Crippen molar-refractivity contribution in [2.24, 2.45) is 0 Å². The molecular formula is C16H17ClN2S. The van der Waals surface area contributed by atoms with Crippen LogP contribution in [0.25, 0.3) is 0 Å². The summed E-state index contributed by atoms with van der Waals surface area (Å²) in [5.41, 5.74) is 2.64. The van der Waals surface area contributed by atoms with Crippen molar-refractivity contribution >= 4 is 23.4 Å². The zero-order chi connectivity index (χ0) is 13.9. The van der Waals surface area contributed by atoms with E-state index in [1.165, 1.54) is 28.9 Å². The molecule has 1 aromatic heterocycles. The molecule has 0 bridgehead atoms. The number of rotatable bonds is 5. The topological polar surface area (TPSA) is 24.9 Å². The fourth-order valence-electron chi connectivity index (χ4n) is 2.02. The fraction of sp³-hybridized carbons (Fsp3) is 0.312. The summed E-state index contributed by atoms with van der Waals surface area (Å²) in [7, 11) is 0. The molecule has 0 unspecified atom stereocenters. The standard InChI is InChI=1S/C16H17ClN2S/c1-11-2-6-15(12(8-11)9-18-14-4-5-14)20-16-7-3-13(17)10-19-16/h2-3,6-8,10,14,18H,4-5,9H2,1H3. The number of benzene rings is 1. The van der Waals surface area contributed by atoms with Crippen LogP contribution in [-0.4, -0.2) is 11.0 Å². The Balaban J connectivity index is 1.77. The lowest BCUT2D eigenvalue weighted by molar-refractivity contribution is 0.680. The van der Waals surface area contributed by atoms with Crippen molar-refractivity contribution in [3.63, 3.8) is 0 Å². The summed E-state index contributed by atoms with van der Waals surface area (Å²) in [6.07, 6.45) is 4.32. The molecule has 1 aromatic carbocycles. The molecule has 4 heteroatoms. The van der Waals surface area contributed by atoms with Gasteiger partial charge in [-0.1, -0.05) is 41.1 Å². The molecule has 2 aromatic rings. The molecule has 104 valence electrons. The van der Waals surface area contributed by atoms with Crippen LogP contribution in [0.15, 0.2) is 46.5 Å². The molecule has 0 radical (unpaired) electrons. The van der Waals surface area contributed by atoms with Crippen LogP contribution in [0.5, 0.6) is 0 Å². The van der Waals surface area contributed by atoms with Gasteiger partial charge in [0.25, 0.3) is 0 Å². The van der Waals surface area contributed by atoms with Gasteiger partial charge in [-0.3, -0.25) is 0 Å². The summed E-state index contributed by atoms with van der Waals surface area (Å²) in [5, 5.41) is 5.23. The van der Waals surface area contributed by atoms with Crippen molar-refractivity contribution in [3.8, 4) is 0 Å². The van der Waals surface area contributed by atoms with Gasteiger partial charge in [0.15, 0.2) is 0 Å². The average molecular weight is 305 g/mol. The van der Waals surface area contributed by atoms with E-state index in [-0.39, 0.29) is 0 Å². The molecule has 1 aliphatic carbocycles. The van der Waals surface area contributed by atoms with E-state index in [0.29, 0.717) is 5.02 Å². The van der Waals surface area contributed by atoms with Gasteiger partial charge in [0.2, 0.25) is 0 Å². The zero-order valence-electron chi connectivity index (χ0n) is 11.4. The van der Waals surface area contributed by atoms with E-state index in [1.807, 2.05) is 12.1 Å². The molecule has 2 nitrogen and oxygen atoms in total. The molecule has 1 N–H and O–H groups in total. The molecule has 1 saturated carbocycles. The van der Waals surface area contributed by atoms with Gasteiger partial charge in [-0.2, -0.15) is 0 Å². The van der Waals surface area contributed by atoms with Crippen LogP contribution in [0.2, 0.25) is 5.02 Å². The Bertz CT molecular complexity index is 594. The number of aryl methyl sites for hydroxylation is 1. The van der Waals surface area contributed by atoms with Crippen LogP contribution in [0.4, 0.5) is 0 Å². The summed E-state index contributed by atoms with van der Waals surface area (Å²) in [6.45, 7) is 3.07. The van der Waals surface area contributed by atoms with Gasteiger partial charge in [-0.15, -0.1) is 0 Å². The van der Waals surface area contributed by atoms with E-state index >= 15 is 0 Å². The summed E-state index contributed by atoms with van der Waals surface area (Å²) in [4.78, 5) is 5.62. The monoisotopic (exact) mass is 304 g/mol. The lowest BCUT2D eigenvalue weighted by Gasteiger charge is -2.11. The van der Waals surface area contributed by atoms with E-state index in [1.54, 1.807) is 18.0 Å². The number of nitrogens with one attached hydrogen (secondary N) is 1. The normalized spacial score (nSPS) is 14.5. The van der Waals surface area contributed by atoms with Gasteiger partial charge in [0.05, 0.1) is 5.02 Å². The Morgan fingerprint density at radius 3 is 2.85 bits per heavy atom. The van der Waals surface area contributed by atoms with E-state index in [2.05, 4.69) is 35.4 Å². The molecule has 1 aliphatic rings. The summed E-state index contributed by atoms with van der Waals surface area (Å²) in [6, 6.07) is 11.2. The SMILES string of the molecule is Cc1ccc(Sc2ccc(Cl)cn2)c(CNC2CC2)c1. The molecule has 20 heavy (non-hydrogen) atoms. The average Bonchev–Trinajstić information content (AvgIpc) is 3.25. The van der Waals surface area contributed by atoms with Crippen molar-refractivity contribution < 1.29 is 0 Å². The lowest BCUT2D eigenvalue weighted by Crippen LogP contribution is -2.15. The van der Waals surface area contributed by atoms with E-state index < -0.39 is 0 Å². The smallest absolute Gasteiger partial charge is 0.101 e. The van der Waals surface area contributed by atoms with E-state index in [9.17, 15) is 0 Å². The zero-order valence-corrected chi connectivity index (χ0v) is 13.0. The Morgan fingerprint density at radius 1 is 1.30 bits per heavy atom. The largest absolute Gasteiger partial charge is 0.310 e. The maximum Gasteiger partial charge on any atom is 0.101 e. The number of aromatic nitrogens is 1. The second-order valence-electron chi connectivity index (χ2n) is 5.18. The number of pyridine rings is 1. The molecule has 3 rings (SSSR count). The molecule has 0 aliphatic heterocycles. The maximum absolute atomic E-state index is 5.88. The van der Waals surface area contributed by atoms with Crippen molar-refractivity contribution in [2.75, 3.05) is 0 Å². The van der Waals surface area contributed by atoms with Crippen LogP contribution in [-0.2, 0) is 6.54 Å². The highest BCUT2D eigenvalue weighted by atomic mass is 35.5. The minimum absolute atomic E-state index is 0.675. The summed E-state index contributed by atoms with van der Waals surface area (Å²) >= 11 is 7.57. The first-order valence-corrected chi connectivity index (χ1v) is 8.02. The van der Waals surface area contributed by atoms with Crippen LogP contribution in [0.1, 0.15) is 24.0 Å². The molecule has 1 heterocycles. The first-order chi connectivity index (χ1) is 9.70. The van der Waals surface area contributed by atoms with Crippen LogP contribution >= 0.6 is 23.4 Å². The minimum atomic E-state index is 0.675. The molecule has 0 spiro atoms.